The summed E-state index contributed by atoms with van der Waals surface area (Å²) >= 11 is 0. The molecule has 1 aromatic heterocycles. The van der Waals surface area contributed by atoms with Crippen molar-refractivity contribution in [2.24, 2.45) is 0 Å². The van der Waals surface area contributed by atoms with E-state index in [1.54, 1.807) is 26.2 Å². The predicted octanol–water partition coefficient (Wildman–Crippen LogP) is 7.31. The molecule has 5 rings (SSSR count). The Morgan fingerprint density at radius 1 is 0.800 bits per heavy atom. The third-order valence-corrected chi connectivity index (χ3v) is 9.49. The first-order valence-corrected chi connectivity index (χ1v) is 19.1. The van der Waals surface area contributed by atoms with Gasteiger partial charge in [0.1, 0.15) is 22.8 Å². The normalized spacial score (nSPS) is 13.3. The zero-order valence-corrected chi connectivity index (χ0v) is 33.6. The van der Waals surface area contributed by atoms with Crippen molar-refractivity contribution in [3.05, 3.63) is 94.7 Å². The summed E-state index contributed by atoms with van der Waals surface area (Å²) in [6.45, 7) is 13.0. The Kier molecular flexibility index (Phi) is 14.4. The van der Waals surface area contributed by atoms with Gasteiger partial charge in [0.25, 0.3) is 0 Å². The average Bonchev–Trinajstić information content (AvgIpc) is 3.18. The first-order chi connectivity index (χ1) is 26.5. The second-order valence-corrected chi connectivity index (χ2v) is 14.8. The number of unbranched alkanes of at least 4 members (excludes halogenated alkanes) is 1. The number of benzene rings is 3. The minimum atomic E-state index is -0.505. The van der Waals surface area contributed by atoms with Crippen LogP contribution in [-0.4, -0.2) is 85.6 Å². The van der Waals surface area contributed by atoms with E-state index >= 15 is 0 Å². The molecule has 1 fully saturated rings. The monoisotopic (exact) mass is 754 g/mol. The molecule has 0 saturated carbocycles. The molecule has 0 bridgehead atoms. The standard InChI is InChI=1S/C43H58N6O6/c1-8-9-26-54-41-45-37(21-16-34-15-10-33(27-38(34)53-7)28-47-22-24-48(25-23-47)42(50)55-43(2,3)4)39(44)40(46-41)49(29-31-11-17-35(51-5)18-12-31)30-32-13-19-36(52-6)20-14-32/h10-15,17-20,27H,8-9,16,21-26,28-30,44H2,1-7H3. The van der Waals surface area contributed by atoms with Crippen LogP contribution in [-0.2, 0) is 37.2 Å². The molecule has 2 N–H and O–H groups in total. The van der Waals surface area contributed by atoms with Gasteiger partial charge in [-0.3, -0.25) is 4.90 Å². The van der Waals surface area contributed by atoms with Gasteiger partial charge in [0.05, 0.1) is 39.3 Å². The molecular weight excluding hydrogens is 697 g/mol. The lowest BCUT2D eigenvalue weighted by Crippen LogP contribution is -2.49. The van der Waals surface area contributed by atoms with Gasteiger partial charge in [0.15, 0.2) is 5.82 Å². The molecule has 0 spiro atoms. The molecule has 0 aliphatic carbocycles. The molecule has 296 valence electrons. The van der Waals surface area contributed by atoms with Crippen LogP contribution in [0.3, 0.4) is 0 Å². The first-order valence-electron chi connectivity index (χ1n) is 19.1. The van der Waals surface area contributed by atoms with Crippen molar-refractivity contribution in [3.8, 4) is 23.3 Å². The number of piperazine rings is 1. The number of nitrogens with two attached hydrogens (primary N) is 1. The number of rotatable bonds is 17. The van der Waals surface area contributed by atoms with Crippen LogP contribution >= 0.6 is 0 Å². The molecule has 2 heterocycles. The molecule has 12 nitrogen and oxygen atoms in total. The lowest BCUT2D eigenvalue weighted by atomic mass is 10.0. The number of aryl methyl sites for hydroxylation is 2. The number of hydrogen-bond acceptors (Lipinski definition) is 11. The minimum Gasteiger partial charge on any atom is -0.497 e. The smallest absolute Gasteiger partial charge is 0.410 e. The first kappa shape index (κ1) is 40.9. The van der Waals surface area contributed by atoms with Crippen LogP contribution in [0.15, 0.2) is 66.7 Å². The summed E-state index contributed by atoms with van der Waals surface area (Å²) in [5.41, 5.74) is 12.1. The summed E-state index contributed by atoms with van der Waals surface area (Å²) < 4.78 is 28.4. The average molecular weight is 755 g/mol. The van der Waals surface area contributed by atoms with E-state index in [0.717, 1.165) is 77.7 Å². The number of amides is 1. The Morgan fingerprint density at radius 3 is 1.95 bits per heavy atom. The van der Waals surface area contributed by atoms with E-state index in [4.69, 9.17) is 39.4 Å². The Morgan fingerprint density at radius 2 is 1.40 bits per heavy atom. The summed E-state index contributed by atoms with van der Waals surface area (Å²) in [5, 5.41) is 0. The van der Waals surface area contributed by atoms with Crippen molar-refractivity contribution in [2.45, 2.75) is 78.6 Å². The topological polar surface area (TPSA) is 125 Å². The van der Waals surface area contributed by atoms with E-state index in [2.05, 4.69) is 59.2 Å². The molecule has 1 aliphatic heterocycles. The highest BCUT2D eigenvalue weighted by Gasteiger charge is 2.26. The van der Waals surface area contributed by atoms with Crippen LogP contribution in [0.4, 0.5) is 16.3 Å². The fourth-order valence-corrected chi connectivity index (χ4v) is 6.41. The van der Waals surface area contributed by atoms with E-state index in [9.17, 15) is 4.79 Å². The van der Waals surface area contributed by atoms with Gasteiger partial charge in [-0.1, -0.05) is 49.7 Å². The Labute approximate surface area is 326 Å². The van der Waals surface area contributed by atoms with Crippen molar-refractivity contribution < 1.29 is 28.5 Å². The van der Waals surface area contributed by atoms with Gasteiger partial charge < -0.3 is 39.2 Å². The maximum Gasteiger partial charge on any atom is 0.410 e. The quantitative estimate of drug-likeness (QED) is 0.109. The van der Waals surface area contributed by atoms with Crippen LogP contribution in [0, 0.1) is 0 Å². The van der Waals surface area contributed by atoms with Crippen LogP contribution < -0.4 is 29.6 Å². The van der Waals surface area contributed by atoms with Crippen LogP contribution in [0.5, 0.6) is 23.3 Å². The third-order valence-electron chi connectivity index (χ3n) is 9.49. The second kappa shape index (κ2) is 19.4. The largest absolute Gasteiger partial charge is 0.497 e. The minimum absolute atomic E-state index is 0.253. The van der Waals surface area contributed by atoms with Crippen molar-refractivity contribution in [2.75, 3.05) is 64.7 Å². The number of ether oxygens (including phenoxy) is 5. The number of carbonyl (C=O) groups excluding carboxylic acids is 1. The summed E-state index contributed by atoms with van der Waals surface area (Å²) in [4.78, 5) is 28.6. The Bertz CT molecular complexity index is 1770. The summed E-state index contributed by atoms with van der Waals surface area (Å²) in [6.07, 6.45) is 2.85. The zero-order valence-electron chi connectivity index (χ0n) is 33.6. The number of nitrogens with zero attached hydrogens (tertiary/aromatic N) is 5. The van der Waals surface area contributed by atoms with Crippen molar-refractivity contribution >= 4 is 17.6 Å². The molecule has 1 amide bonds. The highest BCUT2D eigenvalue weighted by atomic mass is 16.6. The van der Waals surface area contributed by atoms with Crippen molar-refractivity contribution in [3.63, 3.8) is 0 Å². The molecule has 1 aliphatic rings. The number of methoxy groups -OCH3 is 3. The van der Waals surface area contributed by atoms with Gasteiger partial charge in [-0.05, 0) is 92.6 Å². The summed E-state index contributed by atoms with van der Waals surface area (Å²) in [5.74, 6) is 3.03. The molecule has 0 atom stereocenters. The van der Waals surface area contributed by atoms with Gasteiger partial charge in [0.2, 0.25) is 0 Å². The third kappa shape index (κ3) is 11.9. The fourth-order valence-electron chi connectivity index (χ4n) is 6.41. The highest BCUT2D eigenvalue weighted by Crippen LogP contribution is 2.32. The van der Waals surface area contributed by atoms with Gasteiger partial charge >= 0.3 is 12.1 Å². The zero-order chi connectivity index (χ0) is 39.4. The van der Waals surface area contributed by atoms with Gasteiger partial charge in [-0.2, -0.15) is 9.97 Å². The molecule has 55 heavy (non-hydrogen) atoms. The number of aromatic nitrogens is 2. The fraction of sp³-hybridized carbons (Fsp3) is 0.465. The van der Waals surface area contributed by atoms with E-state index in [-0.39, 0.29) is 6.09 Å². The van der Waals surface area contributed by atoms with Gasteiger partial charge in [-0.15, -0.1) is 0 Å². The maximum absolute atomic E-state index is 12.5. The molecule has 12 heteroatoms. The van der Waals surface area contributed by atoms with Crippen LogP contribution in [0.25, 0.3) is 0 Å². The molecule has 3 aromatic carbocycles. The molecular formula is C43H58N6O6. The number of nitrogen functional groups attached to an aromatic ring is 1. The summed E-state index contributed by atoms with van der Waals surface area (Å²) in [7, 11) is 5.03. The van der Waals surface area contributed by atoms with E-state index in [1.165, 1.54) is 0 Å². The van der Waals surface area contributed by atoms with Crippen LogP contribution in [0.2, 0.25) is 0 Å². The molecule has 1 saturated heterocycles. The molecule has 0 unspecified atom stereocenters. The Hall–Kier alpha value is -5.23. The molecule has 0 radical (unpaired) electrons. The van der Waals surface area contributed by atoms with E-state index < -0.39 is 5.60 Å². The second-order valence-electron chi connectivity index (χ2n) is 14.8. The lowest BCUT2D eigenvalue weighted by molar-refractivity contribution is 0.0139. The van der Waals surface area contributed by atoms with Gasteiger partial charge in [-0.25, -0.2) is 4.79 Å². The molecule has 4 aromatic rings. The SMILES string of the molecule is CCCCOc1nc(CCc2ccc(CN3CCN(C(=O)OC(C)(C)C)CC3)cc2OC)c(N)c(N(Cc2ccc(OC)cc2)Cc2ccc(OC)cc2)n1. The van der Waals surface area contributed by atoms with Crippen molar-refractivity contribution in [1.82, 2.24) is 19.8 Å². The van der Waals surface area contributed by atoms with Crippen LogP contribution in [0.1, 0.15) is 68.5 Å². The highest BCUT2D eigenvalue weighted by molar-refractivity contribution is 5.68. The number of hydrogen-bond donors (Lipinski definition) is 1. The van der Waals surface area contributed by atoms with Crippen molar-refractivity contribution in [1.29, 1.82) is 0 Å². The lowest BCUT2D eigenvalue weighted by Gasteiger charge is -2.35. The maximum atomic E-state index is 12.5. The van der Waals surface area contributed by atoms with E-state index in [1.807, 2.05) is 45.0 Å². The summed E-state index contributed by atoms with van der Waals surface area (Å²) in [6, 6.07) is 22.7. The number of carbonyl (C=O) groups is 1. The number of anilines is 2. The Balaban J connectivity index is 1.35. The predicted molar refractivity (Wildman–Crippen MR) is 216 cm³/mol. The van der Waals surface area contributed by atoms with E-state index in [0.29, 0.717) is 63.1 Å². The van der Waals surface area contributed by atoms with Gasteiger partial charge in [0, 0.05) is 45.8 Å².